The van der Waals surface area contributed by atoms with Crippen molar-refractivity contribution in [1.29, 1.82) is 0 Å². The lowest BCUT2D eigenvalue weighted by atomic mass is 10.2. The van der Waals surface area contributed by atoms with Gasteiger partial charge in [-0.2, -0.15) is 0 Å². The third kappa shape index (κ3) is 3.15. The third-order valence-electron chi connectivity index (χ3n) is 3.95. The van der Waals surface area contributed by atoms with Crippen molar-refractivity contribution in [2.45, 2.75) is 38.6 Å². The molecule has 1 aromatic heterocycles. The SMILES string of the molecule is Cc1nc(NCC2CCCN2)cc(N2CCCC2)n1. The summed E-state index contributed by atoms with van der Waals surface area (Å²) in [5, 5.41) is 6.95. The first-order valence-electron chi connectivity index (χ1n) is 7.39. The molecule has 0 bridgehead atoms. The number of nitrogens with one attached hydrogen (secondary N) is 2. The second-order valence-electron chi connectivity index (χ2n) is 5.53. The van der Waals surface area contributed by atoms with Crippen LogP contribution in [0.4, 0.5) is 11.6 Å². The second kappa shape index (κ2) is 5.74. The van der Waals surface area contributed by atoms with Gasteiger partial charge in [0.05, 0.1) is 0 Å². The molecule has 5 nitrogen and oxygen atoms in total. The molecule has 3 rings (SSSR count). The fourth-order valence-electron chi connectivity index (χ4n) is 2.91. The zero-order chi connectivity index (χ0) is 13.1. The summed E-state index contributed by atoms with van der Waals surface area (Å²) in [7, 11) is 0. The van der Waals surface area contributed by atoms with Crippen LogP contribution in [0.1, 0.15) is 31.5 Å². The normalized spacial score (nSPS) is 23.0. The maximum Gasteiger partial charge on any atom is 0.134 e. The highest BCUT2D eigenvalue weighted by molar-refractivity contribution is 5.50. The molecule has 2 aliphatic heterocycles. The van der Waals surface area contributed by atoms with Crippen LogP contribution >= 0.6 is 0 Å². The molecule has 0 saturated carbocycles. The second-order valence-corrected chi connectivity index (χ2v) is 5.53. The maximum absolute atomic E-state index is 4.55. The van der Waals surface area contributed by atoms with Gasteiger partial charge in [-0.3, -0.25) is 0 Å². The Labute approximate surface area is 114 Å². The molecule has 2 aliphatic rings. The molecular weight excluding hydrogens is 238 g/mol. The van der Waals surface area contributed by atoms with E-state index in [9.17, 15) is 0 Å². The highest BCUT2D eigenvalue weighted by Gasteiger charge is 2.16. The highest BCUT2D eigenvalue weighted by Crippen LogP contribution is 2.20. The number of rotatable bonds is 4. The molecule has 0 aromatic carbocycles. The summed E-state index contributed by atoms with van der Waals surface area (Å²) < 4.78 is 0. The monoisotopic (exact) mass is 261 g/mol. The first-order valence-corrected chi connectivity index (χ1v) is 7.39. The van der Waals surface area contributed by atoms with Crippen LogP contribution in [0.5, 0.6) is 0 Å². The molecule has 3 heterocycles. The number of hydrogen-bond donors (Lipinski definition) is 2. The topological polar surface area (TPSA) is 53.1 Å². The van der Waals surface area contributed by atoms with Crippen molar-refractivity contribution in [2.24, 2.45) is 0 Å². The van der Waals surface area contributed by atoms with Crippen molar-refractivity contribution in [3.05, 3.63) is 11.9 Å². The van der Waals surface area contributed by atoms with E-state index in [1.807, 2.05) is 6.92 Å². The molecule has 0 radical (unpaired) electrons. The van der Waals surface area contributed by atoms with E-state index in [0.717, 1.165) is 43.6 Å². The molecule has 5 heteroatoms. The molecular formula is C14H23N5. The Morgan fingerprint density at radius 2 is 2.16 bits per heavy atom. The molecule has 2 saturated heterocycles. The van der Waals surface area contributed by atoms with E-state index in [-0.39, 0.29) is 0 Å². The van der Waals surface area contributed by atoms with Crippen molar-refractivity contribution in [3.8, 4) is 0 Å². The van der Waals surface area contributed by atoms with Crippen molar-refractivity contribution in [1.82, 2.24) is 15.3 Å². The molecule has 1 unspecified atom stereocenters. The summed E-state index contributed by atoms with van der Waals surface area (Å²) in [6, 6.07) is 2.68. The lowest BCUT2D eigenvalue weighted by molar-refractivity contribution is 0.632. The fourth-order valence-corrected chi connectivity index (χ4v) is 2.91. The minimum atomic E-state index is 0.588. The first-order chi connectivity index (χ1) is 9.31. The highest BCUT2D eigenvalue weighted by atomic mass is 15.2. The minimum absolute atomic E-state index is 0.588. The van der Waals surface area contributed by atoms with Crippen LogP contribution in [0.2, 0.25) is 0 Å². The van der Waals surface area contributed by atoms with E-state index in [0.29, 0.717) is 6.04 Å². The van der Waals surface area contributed by atoms with Crippen LogP contribution in [0.15, 0.2) is 6.07 Å². The van der Waals surface area contributed by atoms with Gasteiger partial charge in [0.1, 0.15) is 17.5 Å². The summed E-state index contributed by atoms with van der Waals surface area (Å²) in [5.41, 5.74) is 0. The van der Waals surface area contributed by atoms with Gasteiger partial charge in [-0.1, -0.05) is 0 Å². The zero-order valence-electron chi connectivity index (χ0n) is 11.7. The van der Waals surface area contributed by atoms with Crippen LogP contribution in [-0.2, 0) is 0 Å². The summed E-state index contributed by atoms with van der Waals surface area (Å²) >= 11 is 0. The maximum atomic E-state index is 4.55. The van der Waals surface area contributed by atoms with E-state index >= 15 is 0 Å². The van der Waals surface area contributed by atoms with Crippen LogP contribution in [-0.4, -0.2) is 42.2 Å². The van der Waals surface area contributed by atoms with E-state index in [2.05, 4.69) is 31.6 Å². The van der Waals surface area contributed by atoms with E-state index in [1.54, 1.807) is 0 Å². The summed E-state index contributed by atoms with van der Waals surface area (Å²) in [6.45, 7) is 6.32. The minimum Gasteiger partial charge on any atom is -0.368 e. The van der Waals surface area contributed by atoms with Crippen molar-refractivity contribution >= 4 is 11.6 Å². The number of aromatic nitrogens is 2. The molecule has 2 fully saturated rings. The van der Waals surface area contributed by atoms with E-state index in [4.69, 9.17) is 0 Å². The Morgan fingerprint density at radius 1 is 1.32 bits per heavy atom. The lowest BCUT2D eigenvalue weighted by Crippen LogP contribution is -2.29. The van der Waals surface area contributed by atoms with Crippen LogP contribution in [0, 0.1) is 6.92 Å². The number of nitrogens with zero attached hydrogens (tertiary/aromatic N) is 3. The Balaban J connectivity index is 1.66. The Bertz CT molecular complexity index is 422. The van der Waals surface area contributed by atoms with E-state index in [1.165, 1.54) is 25.7 Å². The third-order valence-corrected chi connectivity index (χ3v) is 3.95. The molecule has 2 N–H and O–H groups in total. The molecule has 1 aromatic rings. The Kier molecular flexibility index (Phi) is 3.82. The lowest BCUT2D eigenvalue weighted by Gasteiger charge is -2.18. The zero-order valence-corrected chi connectivity index (χ0v) is 11.7. The fraction of sp³-hybridized carbons (Fsp3) is 0.714. The van der Waals surface area contributed by atoms with Gasteiger partial charge in [-0.05, 0) is 39.2 Å². The molecule has 0 spiro atoms. The molecule has 0 aliphatic carbocycles. The summed E-state index contributed by atoms with van der Waals surface area (Å²) in [5.74, 6) is 2.89. The van der Waals surface area contributed by atoms with Gasteiger partial charge in [-0.25, -0.2) is 9.97 Å². The molecule has 104 valence electrons. The first kappa shape index (κ1) is 12.7. The van der Waals surface area contributed by atoms with Gasteiger partial charge in [0, 0.05) is 31.7 Å². The largest absolute Gasteiger partial charge is 0.368 e. The van der Waals surface area contributed by atoms with Gasteiger partial charge in [0.25, 0.3) is 0 Å². The van der Waals surface area contributed by atoms with Crippen LogP contribution in [0.25, 0.3) is 0 Å². The quantitative estimate of drug-likeness (QED) is 0.861. The van der Waals surface area contributed by atoms with Crippen molar-refractivity contribution in [3.63, 3.8) is 0 Å². The van der Waals surface area contributed by atoms with Gasteiger partial charge < -0.3 is 15.5 Å². The number of aryl methyl sites for hydroxylation is 1. The Morgan fingerprint density at radius 3 is 2.89 bits per heavy atom. The smallest absolute Gasteiger partial charge is 0.134 e. The molecule has 19 heavy (non-hydrogen) atoms. The Hall–Kier alpha value is -1.36. The van der Waals surface area contributed by atoms with E-state index < -0.39 is 0 Å². The summed E-state index contributed by atoms with van der Waals surface area (Å²) in [6.07, 6.45) is 5.10. The predicted molar refractivity (Wildman–Crippen MR) is 77.7 cm³/mol. The van der Waals surface area contributed by atoms with Gasteiger partial charge in [-0.15, -0.1) is 0 Å². The van der Waals surface area contributed by atoms with Gasteiger partial charge in [0.2, 0.25) is 0 Å². The van der Waals surface area contributed by atoms with Crippen molar-refractivity contribution in [2.75, 3.05) is 36.4 Å². The molecule has 0 amide bonds. The van der Waals surface area contributed by atoms with Crippen LogP contribution in [0.3, 0.4) is 0 Å². The number of anilines is 2. The molecule has 1 atom stereocenters. The average Bonchev–Trinajstić information content (AvgIpc) is 3.09. The average molecular weight is 261 g/mol. The van der Waals surface area contributed by atoms with Crippen LogP contribution < -0.4 is 15.5 Å². The summed E-state index contributed by atoms with van der Waals surface area (Å²) in [4.78, 5) is 11.4. The van der Waals surface area contributed by atoms with Gasteiger partial charge >= 0.3 is 0 Å². The van der Waals surface area contributed by atoms with Crippen molar-refractivity contribution < 1.29 is 0 Å². The van der Waals surface area contributed by atoms with Gasteiger partial charge in [0.15, 0.2) is 0 Å². The predicted octanol–water partition coefficient (Wildman–Crippen LogP) is 1.55. The number of hydrogen-bond acceptors (Lipinski definition) is 5. The standard InChI is InChI=1S/C14H23N5/c1-11-17-13(16-10-12-5-4-6-15-12)9-14(18-11)19-7-2-3-8-19/h9,12,15H,2-8,10H2,1H3,(H,16,17,18).